The molecule has 2 heterocycles. The smallest absolute Gasteiger partial charge is 0.243 e. The second-order valence-electron chi connectivity index (χ2n) is 5.53. The molecule has 0 radical (unpaired) electrons. The van der Waals surface area contributed by atoms with Crippen LogP contribution in [0.25, 0.3) is 0 Å². The van der Waals surface area contributed by atoms with Gasteiger partial charge in [-0.25, -0.2) is 4.98 Å². The molecule has 7 heteroatoms. The number of anilines is 1. The normalized spacial score (nSPS) is 16.9. The van der Waals surface area contributed by atoms with E-state index < -0.39 is 0 Å². The Balaban J connectivity index is 0.00000192. The molecule has 2 aromatic rings. The van der Waals surface area contributed by atoms with Crippen LogP contribution in [0.5, 0.6) is 0 Å². The molecule has 0 aliphatic carbocycles. The zero-order valence-electron chi connectivity index (χ0n) is 12.8. The van der Waals surface area contributed by atoms with Gasteiger partial charge in [-0.1, -0.05) is 23.7 Å². The number of hydrogen-bond acceptors (Lipinski definition) is 4. The van der Waals surface area contributed by atoms with Gasteiger partial charge in [-0.2, -0.15) is 0 Å². The maximum absolute atomic E-state index is 12.0. The summed E-state index contributed by atoms with van der Waals surface area (Å²) in [5.74, 6) is 0.0109. The number of aromatic nitrogens is 1. The van der Waals surface area contributed by atoms with Crippen molar-refractivity contribution >= 4 is 46.4 Å². The minimum absolute atomic E-state index is 0. The summed E-state index contributed by atoms with van der Waals surface area (Å²) in [6, 6.07) is 6.00. The molecular formula is C16H19Cl2N3OS. The number of amides is 1. The summed E-state index contributed by atoms with van der Waals surface area (Å²) in [5, 5.41) is 7.51. The summed E-state index contributed by atoms with van der Waals surface area (Å²) in [5.41, 5.74) is 2.22. The average Bonchev–Trinajstić information content (AvgIpc) is 3.15. The maximum Gasteiger partial charge on any atom is 0.243 e. The highest BCUT2D eigenvalue weighted by Crippen LogP contribution is 2.24. The van der Waals surface area contributed by atoms with Crippen LogP contribution in [0.15, 0.2) is 24.4 Å². The van der Waals surface area contributed by atoms with Crippen molar-refractivity contribution in [1.82, 2.24) is 10.3 Å². The highest BCUT2D eigenvalue weighted by atomic mass is 35.5. The number of aryl methyl sites for hydroxylation is 1. The lowest BCUT2D eigenvalue weighted by Gasteiger charge is -2.08. The summed E-state index contributed by atoms with van der Waals surface area (Å²) in [7, 11) is 0. The number of benzene rings is 1. The fourth-order valence-corrected chi connectivity index (χ4v) is 3.55. The van der Waals surface area contributed by atoms with Crippen LogP contribution in [-0.2, 0) is 11.2 Å². The van der Waals surface area contributed by atoms with Crippen LogP contribution in [0, 0.1) is 6.92 Å². The van der Waals surface area contributed by atoms with Crippen LogP contribution < -0.4 is 10.6 Å². The molecule has 0 bridgehead atoms. The largest absolute Gasteiger partial charge is 0.306 e. The van der Waals surface area contributed by atoms with Gasteiger partial charge in [-0.05, 0) is 43.5 Å². The molecule has 1 aliphatic rings. The number of nitrogens with one attached hydrogen (secondary N) is 2. The molecule has 124 valence electrons. The molecule has 4 nitrogen and oxygen atoms in total. The first-order valence-electron chi connectivity index (χ1n) is 7.36. The quantitative estimate of drug-likeness (QED) is 0.858. The first-order valence-corrected chi connectivity index (χ1v) is 8.55. The molecule has 3 rings (SSSR count). The Bertz CT molecular complexity index is 684. The van der Waals surface area contributed by atoms with Gasteiger partial charge in [0.2, 0.25) is 5.91 Å². The number of halogens is 2. The molecule has 0 saturated carbocycles. The summed E-state index contributed by atoms with van der Waals surface area (Å²) >= 11 is 7.66. The lowest BCUT2D eigenvalue weighted by Crippen LogP contribution is -2.35. The van der Waals surface area contributed by atoms with E-state index in [2.05, 4.69) is 21.7 Å². The number of thiazole rings is 1. The van der Waals surface area contributed by atoms with Gasteiger partial charge in [-0.3, -0.25) is 4.79 Å². The fraction of sp³-hybridized carbons (Fsp3) is 0.375. The van der Waals surface area contributed by atoms with Crippen molar-refractivity contribution in [2.45, 2.75) is 32.2 Å². The maximum atomic E-state index is 12.0. The number of carbonyl (C=O) groups is 1. The van der Waals surface area contributed by atoms with Crippen molar-refractivity contribution < 1.29 is 4.79 Å². The molecule has 0 spiro atoms. The molecule has 1 unspecified atom stereocenters. The van der Waals surface area contributed by atoms with Gasteiger partial charge < -0.3 is 10.6 Å². The lowest BCUT2D eigenvalue weighted by molar-refractivity contribution is -0.117. The third-order valence-electron chi connectivity index (χ3n) is 3.78. The van der Waals surface area contributed by atoms with E-state index in [9.17, 15) is 4.79 Å². The molecule has 1 aliphatic heterocycles. The molecule has 2 N–H and O–H groups in total. The first kappa shape index (κ1) is 18.2. The predicted molar refractivity (Wildman–Crippen MR) is 98.0 cm³/mol. The van der Waals surface area contributed by atoms with Gasteiger partial charge in [0.15, 0.2) is 5.13 Å². The fourth-order valence-electron chi connectivity index (χ4n) is 2.50. The Morgan fingerprint density at radius 3 is 3.04 bits per heavy atom. The lowest BCUT2D eigenvalue weighted by atomic mass is 10.1. The van der Waals surface area contributed by atoms with Crippen molar-refractivity contribution in [3.05, 3.63) is 45.4 Å². The average molecular weight is 372 g/mol. The second-order valence-corrected chi connectivity index (χ2v) is 7.05. The summed E-state index contributed by atoms with van der Waals surface area (Å²) in [4.78, 5) is 17.4. The van der Waals surface area contributed by atoms with Gasteiger partial charge in [-0.15, -0.1) is 23.7 Å². The monoisotopic (exact) mass is 371 g/mol. The van der Waals surface area contributed by atoms with Gasteiger partial charge in [0, 0.05) is 22.5 Å². The van der Waals surface area contributed by atoms with E-state index in [1.54, 1.807) is 0 Å². The molecule has 1 atom stereocenters. The van der Waals surface area contributed by atoms with Gasteiger partial charge >= 0.3 is 0 Å². The van der Waals surface area contributed by atoms with E-state index in [4.69, 9.17) is 11.6 Å². The third-order valence-corrected chi connectivity index (χ3v) is 5.10. The topological polar surface area (TPSA) is 54.0 Å². The van der Waals surface area contributed by atoms with E-state index in [0.717, 1.165) is 46.8 Å². The summed E-state index contributed by atoms with van der Waals surface area (Å²) < 4.78 is 0. The van der Waals surface area contributed by atoms with Crippen LogP contribution in [0.4, 0.5) is 5.13 Å². The third kappa shape index (κ3) is 4.67. The van der Waals surface area contributed by atoms with Crippen molar-refractivity contribution in [3.63, 3.8) is 0 Å². The van der Waals surface area contributed by atoms with Gasteiger partial charge in [0.05, 0.1) is 6.04 Å². The molecule has 1 aromatic heterocycles. The minimum Gasteiger partial charge on any atom is -0.306 e. The molecule has 1 fully saturated rings. The van der Waals surface area contributed by atoms with Crippen LogP contribution >= 0.6 is 35.3 Å². The minimum atomic E-state index is -0.0803. The zero-order valence-corrected chi connectivity index (χ0v) is 15.2. The van der Waals surface area contributed by atoms with Crippen LogP contribution in [0.1, 0.15) is 28.8 Å². The molecule has 23 heavy (non-hydrogen) atoms. The number of nitrogens with zero attached hydrogens (tertiary/aromatic N) is 1. The number of hydrogen-bond donors (Lipinski definition) is 2. The van der Waals surface area contributed by atoms with E-state index in [1.807, 2.05) is 25.3 Å². The second kappa shape index (κ2) is 8.11. The van der Waals surface area contributed by atoms with Crippen molar-refractivity contribution in [2.24, 2.45) is 0 Å². The van der Waals surface area contributed by atoms with Gasteiger partial charge in [0.1, 0.15) is 0 Å². The summed E-state index contributed by atoms with van der Waals surface area (Å²) in [6.07, 6.45) is 4.53. The molecular weight excluding hydrogens is 353 g/mol. The Morgan fingerprint density at radius 1 is 1.52 bits per heavy atom. The van der Waals surface area contributed by atoms with Crippen molar-refractivity contribution in [3.8, 4) is 0 Å². The van der Waals surface area contributed by atoms with E-state index >= 15 is 0 Å². The standard InChI is InChI=1S/C16H18ClN3OS.ClH/c1-10-4-5-11(8-13(10)17)7-12-9-19-16(22-12)20-15(21)14-3-2-6-18-14;/h4-5,8-9,14,18H,2-3,6-7H2,1H3,(H,19,20,21);1H. The Morgan fingerprint density at radius 2 is 2.35 bits per heavy atom. The van der Waals surface area contributed by atoms with Crippen LogP contribution in [-0.4, -0.2) is 23.5 Å². The van der Waals surface area contributed by atoms with Crippen LogP contribution in [0.2, 0.25) is 5.02 Å². The van der Waals surface area contributed by atoms with Crippen molar-refractivity contribution in [2.75, 3.05) is 11.9 Å². The molecule has 1 amide bonds. The van der Waals surface area contributed by atoms with Crippen LogP contribution in [0.3, 0.4) is 0 Å². The predicted octanol–water partition coefficient (Wildman–Crippen LogP) is 3.81. The molecule has 1 aromatic carbocycles. The van der Waals surface area contributed by atoms with E-state index in [-0.39, 0.29) is 24.4 Å². The first-order chi connectivity index (χ1) is 10.6. The zero-order chi connectivity index (χ0) is 15.5. The molecule has 1 saturated heterocycles. The Kier molecular flexibility index (Phi) is 6.41. The Hall–Kier alpha value is -1.14. The summed E-state index contributed by atoms with van der Waals surface area (Å²) in [6.45, 7) is 2.90. The van der Waals surface area contributed by atoms with Crippen molar-refractivity contribution in [1.29, 1.82) is 0 Å². The number of carbonyl (C=O) groups excluding carboxylic acids is 1. The highest BCUT2D eigenvalue weighted by molar-refractivity contribution is 7.15. The van der Waals surface area contributed by atoms with E-state index in [0.29, 0.717) is 5.13 Å². The highest BCUT2D eigenvalue weighted by Gasteiger charge is 2.22. The van der Waals surface area contributed by atoms with Gasteiger partial charge in [0.25, 0.3) is 0 Å². The Labute approximate surface area is 151 Å². The van der Waals surface area contributed by atoms with E-state index in [1.165, 1.54) is 11.3 Å². The SMILES string of the molecule is Cc1ccc(Cc2cnc(NC(=O)C3CCCN3)s2)cc1Cl.Cl. The number of rotatable bonds is 4.